The summed E-state index contributed by atoms with van der Waals surface area (Å²) in [4.78, 5) is 19.2. The Balaban J connectivity index is 1.73. The highest BCUT2D eigenvalue weighted by Crippen LogP contribution is 2.23. The molecule has 118 valence electrons. The second kappa shape index (κ2) is 5.98. The minimum atomic E-state index is -0.125. The Morgan fingerprint density at radius 2 is 1.83 bits per heavy atom. The lowest BCUT2D eigenvalue weighted by Crippen LogP contribution is -2.07. The molecule has 0 saturated carbocycles. The third-order valence-electron chi connectivity index (χ3n) is 4.00. The lowest BCUT2D eigenvalue weighted by Gasteiger charge is -2.09. The number of nitrogens with one attached hydrogen (secondary N) is 2. The molecular formula is C19H14ClN3O. The summed E-state index contributed by atoms with van der Waals surface area (Å²) in [7, 11) is 0. The maximum Gasteiger partial charge on any atom is 0.257 e. The molecule has 0 amide bonds. The minimum absolute atomic E-state index is 0.125. The van der Waals surface area contributed by atoms with E-state index in [4.69, 9.17) is 11.6 Å². The van der Waals surface area contributed by atoms with E-state index in [9.17, 15) is 4.79 Å². The summed E-state index contributed by atoms with van der Waals surface area (Å²) in [5, 5.41) is 6.59. The first kappa shape index (κ1) is 14.7. The van der Waals surface area contributed by atoms with Crippen LogP contribution >= 0.6 is 11.6 Å². The van der Waals surface area contributed by atoms with Gasteiger partial charge in [-0.15, -0.1) is 0 Å². The van der Waals surface area contributed by atoms with Gasteiger partial charge in [-0.1, -0.05) is 23.7 Å². The maximum atomic E-state index is 12.2. The molecule has 4 aromatic rings. The van der Waals surface area contributed by atoms with Crippen molar-refractivity contribution >= 4 is 39.1 Å². The zero-order chi connectivity index (χ0) is 16.5. The molecule has 0 atom stereocenters. The van der Waals surface area contributed by atoms with Crippen molar-refractivity contribution in [2.75, 3.05) is 5.32 Å². The smallest absolute Gasteiger partial charge is 0.257 e. The van der Waals surface area contributed by atoms with Gasteiger partial charge in [0.25, 0.3) is 5.56 Å². The molecule has 5 heteroatoms. The number of rotatable bonds is 3. The van der Waals surface area contributed by atoms with E-state index < -0.39 is 0 Å². The van der Waals surface area contributed by atoms with Crippen molar-refractivity contribution in [2.45, 2.75) is 6.54 Å². The first-order chi connectivity index (χ1) is 11.7. The van der Waals surface area contributed by atoms with E-state index in [0.717, 1.165) is 27.0 Å². The monoisotopic (exact) mass is 335 g/mol. The summed E-state index contributed by atoms with van der Waals surface area (Å²) >= 11 is 5.91. The Kier molecular flexibility index (Phi) is 3.67. The molecule has 0 aliphatic rings. The maximum absolute atomic E-state index is 12.2. The molecular weight excluding hydrogens is 322 g/mol. The third kappa shape index (κ3) is 2.72. The Bertz CT molecular complexity index is 1090. The second-order valence-corrected chi connectivity index (χ2v) is 6.03. The molecule has 0 radical (unpaired) electrons. The molecule has 2 aromatic carbocycles. The standard InChI is InChI=1S/C19H14ClN3O/c20-13-5-3-12(4-6-13)11-22-14-7-8-16-17(10-14)15-2-1-9-21-18(15)23-19(16)24/h1-10,22H,11H2,(H,21,23,24). The highest BCUT2D eigenvalue weighted by molar-refractivity contribution is 6.30. The van der Waals surface area contributed by atoms with E-state index in [1.165, 1.54) is 0 Å². The number of halogens is 1. The molecule has 0 bridgehead atoms. The van der Waals surface area contributed by atoms with Crippen LogP contribution in [0.1, 0.15) is 5.56 Å². The molecule has 0 spiro atoms. The Morgan fingerprint density at radius 3 is 2.67 bits per heavy atom. The van der Waals surface area contributed by atoms with Crippen molar-refractivity contribution in [1.29, 1.82) is 0 Å². The number of benzene rings is 2. The predicted octanol–water partition coefficient (Wildman–Crippen LogP) is 4.34. The van der Waals surface area contributed by atoms with Crippen molar-refractivity contribution in [2.24, 2.45) is 0 Å². The fraction of sp³-hybridized carbons (Fsp3) is 0.0526. The lowest BCUT2D eigenvalue weighted by atomic mass is 10.1. The van der Waals surface area contributed by atoms with E-state index in [1.807, 2.05) is 54.6 Å². The predicted molar refractivity (Wildman–Crippen MR) is 98.6 cm³/mol. The van der Waals surface area contributed by atoms with E-state index in [2.05, 4.69) is 15.3 Å². The summed E-state index contributed by atoms with van der Waals surface area (Å²) in [5.74, 6) is 0. The van der Waals surface area contributed by atoms with E-state index in [1.54, 1.807) is 6.20 Å². The molecule has 0 saturated heterocycles. The van der Waals surface area contributed by atoms with Gasteiger partial charge in [0, 0.05) is 39.6 Å². The Hall–Kier alpha value is -2.85. The fourth-order valence-corrected chi connectivity index (χ4v) is 2.90. The van der Waals surface area contributed by atoms with Crippen molar-refractivity contribution in [3.63, 3.8) is 0 Å². The molecule has 0 aliphatic heterocycles. The van der Waals surface area contributed by atoms with Gasteiger partial charge in [-0.25, -0.2) is 4.98 Å². The van der Waals surface area contributed by atoms with Crippen molar-refractivity contribution in [3.8, 4) is 0 Å². The van der Waals surface area contributed by atoms with E-state index in [-0.39, 0.29) is 5.56 Å². The van der Waals surface area contributed by atoms with Crippen molar-refractivity contribution < 1.29 is 0 Å². The fourth-order valence-electron chi connectivity index (χ4n) is 2.78. The van der Waals surface area contributed by atoms with Gasteiger partial charge in [-0.3, -0.25) is 4.79 Å². The summed E-state index contributed by atoms with van der Waals surface area (Å²) < 4.78 is 0. The van der Waals surface area contributed by atoms with Gasteiger partial charge in [-0.05, 0) is 48.0 Å². The van der Waals surface area contributed by atoms with Crippen LogP contribution in [0.15, 0.2) is 65.6 Å². The van der Waals surface area contributed by atoms with Crippen LogP contribution in [0.25, 0.3) is 21.8 Å². The SMILES string of the molecule is O=c1[nH]c2ncccc2c2cc(NCc3ccc(Cl)cc3)ccc12. The number of pyridine rings is 2. The molecule has 2 N–H and O–H groups in total. The molecule has 24 heavy (non-hydrogen) atoms. The third-order valence-corrected chi connectivity index (χ3v) is 4.26. The first-order valence-corrected chi connectivity index (χ1v) is 7.97. The zero-order valence-electron chi connectivity index (χ0n) is 12.7. The van der Waals surface area contributed by atoms with Crippen molar-refractivity contribution in [3.05, 3.63) is 81.7 Å². The van der Waals surface area contributed by atoms with Gasteiger partial charge >= 0.3 is 0 Å². The normalized spacial score (nSPS) is 11.0. The van der Waals surface area contributed by atoms with Crippen LogP contribution in [-0.4, -0.2) is 9.97 Å². The van der Waals surface area contributed by atoms with Crippen LogP contribution in [0.5, 0.6) is 0 Å². The molecule has 2 heterocycles. The largest absolute Gasteiger partial charge is 0.381 e. The Labute approximate surface area is 143 Å². The number of nitrogens with zero attached hydrogens (tertiary/aromatic N) is 1. The highest BCUT2D eigenvalue weighted by Gasteiger charge is 2.06. The summed E-state index contributed by atoms with van der Waals surface area (Å²) in [6, 6.07) is 17.3. The van der Waals surface area contributed by atoms with Crippen LogP contribution in [-0.2, 0) is 6.54 Å². The zero-order valence-corrected chi connectivity index (χ0v) is 13.5. The molecule has 0 fully saturated rings. The molecule has 4 rings (SSSR count). The molecule has 4 nitrogen and oxygen atoms in total. The van der Waals surface area contributed by atoms with Crippen molar-refractivity contribution in [1.82, 2.24) is 9.97 Å². The van der Waals surface area contributed by atoms with Crippen LogP contribution in [0.4, 0.5) is 5.69 Å². The van der Waals surface area contributed by atoms with E-state index >= 15 is 0 Å². The number of aromatic amines is 1. The number of fused-ring (bicyclic) bond motifs is 3. The average Bonchev–Trinajstić information content (AvgIpc) is 2.61. The van der Waals surface area contributed by atoms with Gasteiger partial charge in [-0.2, -0.15) is 0 Å². The molecule has 0 aliphatic carbocycles. The highest BCUT2D eigenvalue weighted by atomic mass is 35.5. The van der Waals surface area contributed by atoms with Gasteiger partial charge < -0.3 is 10.3 Å². The molecule has 0 unspecified atom stereocenters. The number of anilines is 1. The van der Waals surface area contributed by atoms with Gasteiger partial charge in [0.1, 0.15) is 5.65 Å². The number of H-pyrrole nitrogens is 1. The number of hydrogen-bond acceptors (Lipinski definition) is 3. The first-order valence-electron chi connectivity index (χ1n) is 7.60. The van der Waals surface area contributed by atoms with Crippen LogP contribution in [0, 0.1) is 0 Å². The van der Waals surface area contributed by atoms with Crippen LogP contribution in [0.2, 0.25) is 5.02 Å². The average molecular weight is 336 g/mol. The number of aromatic nitrogens is 2. The van der Waals surface area contributed by atoms with Crippen LogP contribution < -0.4 is 10.9 Å². The Morgan fingerprint density at radius 1 is 1.00 bits per heavy atom. The van der Waals surface area contributed by atoms with Crippen LogP contribution in [0.3, 0.4) is 0 Å². The quantitative estimate of drug-likeness (QED) is 0.547. The van der Waals surface area contributed by atoms with E-state index in [0.29, 0.717) is 17.6 Å². The lowest BCUT2D eigenvalue weighted by molar-refractivity contribution is 1.15. The summed E-state index contributed by atoms with van der Waals surface area (Å²) in [5.41, 5.74) is 2.57. The summed E-state index contributed by atoms with van der Waals surface area (Å²) in [6.07, 6.45) is 1.67. The minimum Gasteiger partial charge on any atom is -0.381 e. The van der Waals surface area contributed by atoms with Gasteiger partial charge in [0.15, 0.2) is 0 Å². The number of hydrogen-bond donors (Lipinski definition) is 2. The second-order valence-electron chi connectivity index (χ2n) is 5.59. The summed E-state index contributed by atoms with van der Waals surface area (Å²) in [6.45, 7) is 0.683. The van der Waals surface area contributed by atoms with Gasteiger partial charge in [0.05, 0.1) is 0 Å². The molecule has 2 aromatic heterocycles. The topological polar surface area (TPSA) is 57.8 Å². The van der Waals surface area contributed by atoms with Gasteiger partial charge in [0.2, 0.25) is 0 Å².